The highest BCUT2D eigenvalue weighted by molar-refractivity contribution is 5.86. The fourth-order valence-corrected chi connectivity index (χ4v) is 5.57. The number of nitrogens with two attached hydrogens (primary N) is 1. The molecule has 0 bridgehead atoms. The topological polar surface area (TPSA) is 97.4 Å². The summed E-state index contributed by atoms with van der Waals surface area (Å²) in [5.41, 5.74) is 13.5. The molecule has 4 aromatic carbocycles. The first-order valence-corrected chi connectivity index (χ1v) is 14.8. The molecule has 0 atom stereocenters. The second kappa shape index (κ2) is 12.4. The van der Waals surface area contributed by atoms with Gasteiger partial charge >= 0.3 is 0 Å². The van der Waals surface area contributed by atoms with Gasteiger partial charge in [-0.3, -0.25) is 4.57 Å². The molecule has 9 heteroatoms. The van der Waals surface area contributed by atoms with Gasteiger partial charge in [0, 0.05) is 43.2 Å². The first kappa shape index (κ1) is 27.4. The summed E-state index contributed by atoms with van der Waals surface area (Å²) in [4.78, 5) is 19.6. The predicted octanol–water partition coefficient (Wildman–Crippen LogP) is 6.18. The maximum absolute atomic E-state index is 6.17. The highest BCUT2D eigenvalue weighted by Gasteiger charge is 2.21. The number of rotatable bonds is 9. The summed E-state index contributed by atoms with van der Waals surface area (Å²) in [7, 11) is 0. The molecule has 0 amide bonds. The molecule has 1 fully saturated rings. The SMILES string of the molecule is Nc1cccc(-n2cnc3c(N(Cc4ccccc4)Cc4ccccc4)nc(Nc4cccc(N5CCOCC5)c4)nc32)c1. The molecule has 9 nitrogen and oxygen atoms in total. The van der Waals surface area contributed by atoms with Gasteiger partial charge in [-0.05, 0) is 47.5 Å². The van der Waals surface area contributed by atoms with Crippen molar-refractivity contribution in [3.63, 3.8) is 0 Å². The molecular formula is C35H34N8O. The zero-order valence-corrected chi connectivity index (χ0v) is 24.4. The van der Waals surface area contributed by atoms with E-state index < -0.39 is 0 Å². The minimum atomic E-state index is 0.489. The lowest BCUT2D eigenvalue weighted by Gasteiger charge is -2.29. The minimum Gasteiger partial charge on any atom is -0.399 e. The van der Waals surface area contributed by atoms with E-state index >= 15 is 0 Å². The van der Waals surface area contributed by atoms with Crippen molar-refractivity contribution < 1.29 is 4.74 Å². The highest BCUT2D eigenvalue weighted by atomic mass is 16.5. The van der Waals surface area contributed by atoms with Gasteiger partial charge in [0.2, 0.25) is 5.95 Å². The molecule has 3 heterocycles. The smallest absolute Gasteiger partial charge is 0.231 e. The fourth-order valence-electron chi connectivity index (χ4n) is 5.57. The summed E-state index contributed by atoms with van der Waals surface area (Å²) < 4.78 is 7.53. The first-order chi connectivity index (χ1) is 21.7. The molecule has 1 saturated heterocycles. The van der Waals surface area contributed by atoms with Crippen molar-refractivity contribution in [2.45, 2.75) is 13.1 Å². The van der Waals surface area contributed by atoms with Crippen LogP contribution in [0.15, 0.2) is 116 Å². The zero-order chi connectivity index (χ0) is 29.7. The van der Waals surface area contributed by atoms with Crippen LogP contribution in [-0.4, -0.2) is 45.8 Å². The van der Waals surface area contributed by atoms with E-state index in [9.17, 15) is 0 Å². The molecule has 0 aliphatic carbocycles. The van der Waals surface area contributed by atoms with Crippen molar-refractivity contribution in [1.29, 1.82) is 0 Å². The Morgan fingerprint density at radius 1 is 0.750 bits per heavy atom. The van der Waals surface area contributed by atoms with Crippen molar-refractivity contribution in [2.75, 3.05) is 47.2 Å². The van der Waals surface area contributed by atoms with Crippen LogP contribution in [-0.2, 0) is 17.8 Å². The quantitative estimate of drug-likeness (QED) is 0.195. The monoisotopic (exact) mass is 582 g/mol. The number of hydrogen-bond acceptors (Lipinski definition) is 8. The van der Waals surface area contributed by atoms with Crippen molar-refractivity contribution >= 4 is 40.0 Å². The number of hydrogen-bond donors (Lipinski definition) is 2. The Kier molecular flexibility index (Phi) is 7.76. The normalized spacial score (nSPS) is 13.2. The fraction of sp³-hybridized carbons (Fsp3) is 0.171. The Bertz CT molecular complexity index is 1810. The molecule has 7 rings (SSSR count). The molecular weight excluding hydrogens is 548 g/mol. The molecule has 1 aliphatic rings. The lowest BCUT2D eigenvalue weighted by molar-refractivity contribution is 0.122. The number of anilines is 5. The number of imidazole rings is 1. The summed E-state index contributed by atoms with van der Waals surface area (Å²) >= 11 is 0. The summed E-state index contributed by atoms with van der Waals surface area (Å²) in [6, 6.07) is 37.0. The van der Waals surface area contributed by atoms with Crippen LogP contribution in [0.1, 0.15) is 11.1 Å². The third-order valence-corrected chi connectivity index (χ3v) is 7.74. The number of morpholine rings is 1. The van der Waals surface area contributed by atoms with E-state index in [4.69, 9.17) is 25.4 Å². The van der Waals surface area contributed by atoms with Gasteiger partial charge in [-0.2, -0.15) is 9.97 Å². The molecule has 0 saturated carbocycles. The lowest BCUT2D eigenvalue weighted by atomic mass is 10.1. The van der Waals surface area contributed by atoms with Crippen molar-refractivity contribution in [1.82, 2.24) is 19.5 Å². The van der Waals surface area contributed by atoms with E-state index in [-0.39, 0.29) is 0 Å². The summed E-state index contributed by atoms with van der Waals surface area (Å²) in [6.45, 7) is 4.49. The van der Waals surface area contributed by atoms with E-state index in [0.29, 0.717) is 35.9 Å². The number of ether oxygens (including phenoxy) is 1. The van der Waals surface area contributed by atoms with Crippen LogP contribution in [0, 0.1) is 0 Å². The van der Waals surface area contributed by atoms with Gasteiger partial charge in [-0.25, -0.2) is 4.98 Å². The van der Waals surface area contributed by atoms with Gasteiger partial charge < -0.3 is 25.6 Å². The minimum absolute atomic E-state index is 0.489. The van der Waals surface area contributed by atoms with Gasteiger partial charge in [0.15, 0.2) is 17.0 Å². The Morgan fingerprint density at radius 3 is 2.14 bits per heavy atom. The van der Waals surface area contributed by atoms with Gasteiger partial charge in [0.05, 0.1) is 18.9 Å². The van der Waals surface area contributed by atoms with E-state index in [1.807, 2.05) is 47.0 Å². The lowest BCUT2D eigenvalue weighted by Crippen LogP contribution is -2.36. The summed E-state index contributed by atoms with van der Waals surface area (Å²) in [5, 5.41) is 3.51. The molecule has 0 spiro atoms. The predicted molar refractivity (Wildman–Crippen MR) is 177 cm³/mol. The number of fused-ring (bicyclic) bond motifs is 1. The maximum Gasteiger partial charge on any atom is 0.231 e. The van der Waals surface area contributed by atoms with Crippen LogP contribution in [0.25, 0.3) is 16.9 Å². The molecule has 3 N–H and O–H groups in total. The maximum atomic E-state index is 6.17. The number of aromatic nitrogens is 4. The van der Waals surface area contributed by atoms with Gasteiger partial charge in [-0.15, -0.1) is 0 Å². The first-order valence-electron chi connectivity index (χ1n) is 14.8. The third-order valence-electron chi connectivity index (χ3n) is 7.74. The molecule has 2 aromatic heterocycles. The molecule has 44 heavy (non-hydrogen) atoms. The van der Waals surface area contributed by atoms with E-state index in [1.165, 1.54) is 11.1 Å². The standard InChI is InChI=1S/C35H34N8O/c36-28-13-7-16-31(21-28)43-25-37-32-33(42(23-26-9-3-1-4-10-26)24-27-11-5-2-6-12-27)39-35(40-34(32)43)38-29-14-8-15-30(22-29)41-17-19-44-20-18-41/h1-16,21-22,25H,17-20,23-24,36H2,(H,38,39,40). The van der Waals surface area contributed by atoms with Gasteiger partial charge in [0.25, 0.3) is 0 Å². The molecule has 0 unspecified atom stereocenters. The Labute approximate surface area is 256 Å². The van der Waals surface area contributed by atoms with Gasteiger partial charge in [0.1, 0.15) is 6.33 Å². The highest BCUT2D eigenvalue weighted by Crippen LogP contribution is 2.31. The number of benzene rings is 4. The average Bonchev–Trinajstić information content (AvgIpc) is 3.50. The Morgan fingerprint density at radius 2 is 1.43 bits per heavy atom. The largest absolute Gasteiger partial charge is 0.399 e. The number of nitrogens with one attached hydrogen (secondary N) is 1. The second-order valence-corrected chi connectivity index (χ2v) is 10.9. The Hall–Kier alpha value is -5.41. The number of nitrogens with zero attached hydrogens (tertiary/aromatic N) is 6. The molecule has 6 aromatic rings. The molecule has 0 radical (unpaired) electrons. The second-order valence-electron chi connectivity index (χ2n) is 10.9. The van der Waals surface area contributed by atoms with Crippen molar-refractivity contribution in [3.05, 3.63) is 127 Å². The van der Waals surface area contributed by atoms with Crippen LogP contribution in [0.3, 0.4) is 0 Å². The molecule has 1 aliphatic heterocycles. The van der Waals surface area contributed by atoms with Crippen molar-refractivity contribution in [2.24, 2.45) is 0 Å². The Balaban J connectivity index is 1.34. The molecule has 220 valence electrons. The van der Waals surface area contributed by atoms with E-state index in [0.717, 1.165) is 49.2 Å². The average molecular weight is 583 g/mol. The van der Waals surface area contributed by atoms with Crippen LogP contribution in [0.2, 0.25) is 0 Å². The van der Waals surface area contributed by atoms with Crippen LogP contribution >= 0.6 is 0 Å². The summed E-state index contributed by atoms with van der Waals surface area (Å²) in [5.74, 6) is 1.24. The van der Waals surface area contributed by atoms with Gasteiger partial charge in [-0.1, -0.05) is 72.8 Å². The zero-order valence-electron chi connectivity index (χ0n) is 24.4. The number of nitrogen functional groups attached to an aromatic ring is 1. The van der Waals surface area contributed by atoms with Crippen LogP contribution in [0.5, 0.6) is 0 Å². The third kappa shape index (κ3) is 6.04. The van der Waals surface area contributed by atoms with Crippen molar-refractivity contribution in [3.8, 4) is 5.69 Å². The van der Waals surface area contributed by atoms with Crippen LogP contribution < -0.4 is 20.9 Å². The van der Waals surface area contributed by atoms with Crippen LogP contribution in [0.4, 0.5) is 28.8 Å². The van der Waals surface area contributed by atoms with E-state index in [2.05, 4.69) is 81.8 Å². The van der Waals surface area contributed by atoms with E-state index in [1.54, 1.807) is 6.33 Å². The summed E-state index contributed by atoms with van der Waals surface area (Å²) in [6.07, 6.45) is 1.80.